The first-order valence-electron chi connectivity index (χ1n) is 5.39. The first-order valence-corrected chi connectivity index (χ1v) is 5.39. The van der Waals surface area contributed by atoms with E-state index in [1.165, 1.54) is 0 Å². The second kappa shape index (κ2) is 2.89. The molecule has 0 aliphatic carbocycles. The van der Waals surface area contributed by atoms with Crippen LogP contribution in [0.15, 0.2) is 18.2 Å². The Morgan fingerprint density at radius 1 is 1.25 bits per heavy atom. The lowest BCUT2D eigenvalue weighted by atomic mass is 9.69. The quantitative estimate of drug-likeness (QED) is 0.490. The zero-order valence-corrected chi connectivity index (χ0v) is 9.61. The predicted molar refractivity (Wildman–Crippen MR) is 58.7 cm³/mol. The number of rotatable bonds is 0. The van der Waals surface area contributed by atoms with Crippen molar-refractivity contribution in [3.05, 3.63) is 34.9 Å². The molecule has 3 nitrogen and oxygen atoms in total. The molecule has 1 saturated heterocycles. The van der Waals surface area contributed by atoms with Gasteiger partial charge >= 0.3 is 0 Å². The predicted octanol–water partition coefficient (Wildman–Crippen LogP) is 2.09. The molecule has 1 aromatic rings. The minimum atomic E-state index is -0.895. The highest BCUT2D eigenvalue weighted by Crippen LogP contribution is 2.52. The molecule has 2 aliphatic heterocycles. The van der Waals surface area contributed by atoms with Crippen LogP contribution in [0.3, 0.4) is 0 Å². The van der Waals surface area contributed by atoms with Crippen molar-refractivity contribution in [2.24, 2.45) is 0 Å². The Bertz CT molecular complexity index is 462. The van der Waals surface area contributed by atoms with Gasteiger partial charge in [-0.25, -0.2) is 0 Å². The Morgan fingerprint density at radius 2 is 2.00 bits per heavy atom. The summed E-state index contributed by atoms with van der Waals surface area (Å²) in [4.78, 5) is 10.6. The maximum atomic E-state index is 6.19. The van der Waals surface area contributed by atoms with Gasteiger partial charge in [-0.05, 0) is 31.9 Å². The summed E-state index contributed by atoms with van der Waals surface area (Å²) in [5, 5.41) is 0. The van der Waals surface area contributed by atoms with E-state index in [0.717, 1.165) is 16.7 Å². The zero-order valence-electron chi connectivity index (χ0n) is 9.61. The third-order valence-electron chi connectivity index (χ3n) is 3.45. The molecular weight excluding hydrogens is 203 g/mol. The van der Waals surface area contributed by atoms with Crippen LogP contribution in [-0.2, 0) is 20.3 Å². The molecule has 82 valence electrons. The standard InChI is InChI=1S/C12H13BO3/c1-7-5-4-6-8-9(7)10(13)12(3)14-11(8,2)15-16-12/h4-6,10H,1-3H3. The summed E-state index contributed by atoms with van der Waals surface area (Å²) in [6.07, 6.45) is 0. The van der Waals surface area contributed by atoms with Gasteiger partial charge in [0, 0.05) is 11.4 Å². The topological polar surface area (TPSA) is 27.7 Å². The van der Waals surface area contributed by atoms with E-state index < -0.39 is 11.6 Å². The first-order chi connectivity index (χ1) is 7.46. The SMILES string of the molecule is [B]C1c2c(C)cccc2C2(C)OOC1(C)O2. The second-order valence-electron chi connectivity index (χ2n) is 4.74. The van der Waals surface area contributed by atoms with Gasteiger partial charge < -0.3 is 4.74 Å². The fourth-order valence-electron chi connectivity index (χ4n) is 2.55. The van der Waals surface area contributed by atoms with Crippen LogP contribution in [0.25, 0.3) is 0 Å². The van der Waals surface area contributed by atoms with Crippen LogP contribution in [0.2, 0.25) is 0 Å². The molecule has 4 heteroatoms. The molecule has 1 aromatic carbocycles. The number of aryl methyl sites for hydroxylation is 1. The van der Waals surface area contributed by atoms with Gasteiger partial charge in [0.1, 0.15) is 0 Å². The Labute approximate surface area is 96.0 Å². The Hall–Kier alpha value is -0.835. The number of hydrogen-bond acceptors (Lipinski definition) is 3. The highest BCUT2D eigenvalue weighted by molar-refractivity contribution is 6.13. The molecule has 2 bridgehead atoms. The third kappa shape index (κ3) is 1.10. The van der Waals surface area contributed by atoms with Crippen molar-refractivity contribution >= 4 is 7.85 Å². The molecule has 3 unspecified atom stereocenters. The summed E-state index contributed by atoms with van der Waals surface area (Å²) >= 11 is 0. The molecule has 0 saturated carbocycles. The molecule has 16 heavy (non-hydrogen) atoms. The van der Waals surface area contributed by atoms with E-state index >= 15 is 0 Å². The van der Waals surface area contributed by atoms with E-state index in [-0.39, 0.29) is 5.82 Å². The highest BCUT2D eigenvalue weighted by atomic mass is 17.3. The van der Waals surface area contributed by atoms with Crippen LogP contribution in [0.4, 0.5) is 0 Å². The van der Waals surface area contributed by atoms with Crippen molar-refractivity contribution in [2.75, 3.05) is 0 Å². The van der Waals surface area contributed by atoms with Crippen molar-refractivity contribution < 1.29 is 14.5 Å². The molecule has 2 radical (unpaired) electrons. The summed E-state index contributed by atoms with van der Waals surface area (Å²) < 4.78 is 5.80. The minimum Gasteiger partial charge on any atom is -0.309 e. The van der Waals surface area contributed by atoms with Crippen molar-refractivity contribution in [1.82, 2.24) is 0 Å². The molecule has 0 aromatic heterocycles. The lowest BCUT2D eigenvalue weighted by molar-refractivity contribution is -0.344. The molecule has 3 atom stereocenters. The number of fused-ring (bicyclic) bond motifs is 4. The van der Waals surface area contributed by atoms with Crippen molar-refractivity contribution in [3.63, 3.8) is 0 Å². The van der Waals surface area contributed by atoms with E-state index in [4.69, 9.17) is 22.4 Å². The van der Waals surface area contributed by atoms with Crippen LogP contribution in [0, 0.1) is 6.92 Å². The normalized spacial score (nSPS) is 40.8. The van der Waals surface area contributed by atoms with Crippen LogP contribution in [-0.4, -0.2) is 13.6 Å². The summed E-state index contributed by atoms with van der Waals surface area (Å²) in [5.74, 6) is -2.07. The third-order valence-corrected chi connectivity index (χ3v) is 3.45. The Balaban J connectivity index is 2.29. The van der Waals surface area contributed by atoms with E-state index in [0.29, 0.717) is 0 Å². The average Bonchev–Trinajstić information content (AvgIpc) is 2.52. The van der Waals surface area contributed by atoms with E-state index in [9.17, 15) is 0 Å². The molecule has 2 aliphatic rings. The summed E-state index contributed by atoms with van der Waals surface area (Å²) in [6, 6.07) is 5.98. The van der Waals surface area contributed by atoms with E-state index in [1.54, 1.807) is 6.92 Å². The summed E-state index contributed by atoms with van der Waals surface area (Å²) in [5.41, 5.74) is 3.16. The molecule has 0 amide bonds. The van der Waals surface area contributed by atoms with Crippen LogP contribution < -0.4 is 0 Å². The first kappa shape index (κ1) is 10.3. The maximum absolute atomic E-state index is 6.19. The lowest BCUT2D eigenvalue weighted by Gasteiger charge is -2.38. The minimum absolute atomic E-state index is 0.334. The van der Waals surface area contributed by atoms with Crippen molar-refractivity contribution in [3.8, 4) is 0 Å². The second-order valence-corrected chi connectivity index (χ2v) is 4.74. The molecular formula is C12H13BO3. The van der Waals surface area contributed by atoms with Crippen molar-refractivity contribution in [2.45, 2.75) is 38.2 Å². The number of benzene rings is 1. The van der Waals surface area contributed by atoms with Gasteiger partial charge in [0.05, 0.1) is 7.85 Å². The molecule has 0 spiro atoms. The smallest absolute Gasteiger partial charge is 0.227 e. The highest BCUT2D eigenvalue weighted by Gasteiger charge is 2.57. The van der Waals surface area contributed by atoms with Gasteiger partial charge in [0.15, 0.2) is 0 Å². The van der Waals surface area contributed by atoms with Crippen LogP contribution >= 0.6 is 0 Å². The zero-order chi connectivity index (χ0) is 11.6. The van der Waals surface area contributed by atoms with E-state index in [2.05, 4.69) is 0 Å². The van der Waals surface area contributed by atoms with Gasteiger partial charge in [-0.15, -0.1) is 0 Å². The molecule has 2 heterocycles. The average molecular weight is 216 g/mol. The van der Waals surface area contributed by atoms with Gasteiger partial charge in [0.25, 0.3) is 0 Å². The fraction of sp³-hybridized carbons (Fsp3) is 0.500. The largest absolute Gasteiger partial charge is 0.309 e. The Morgan fingerprint density at radius 3 is 2.75 bits per heavy atom. The summed E-state index contributed by atoms with van der Waals surface area (Å²) in [6.45, 7) is 5.69. The Kier molecular flexibility index (Phi) is 1.86. The van der Waals surface area contributed by atoms with Gasteiger partial charge in [0.2, 0.25) is 11.6 Å². The molecule has 1 fully saturated rings. The number of ether oxygens (including phenoxy) is 1. The van der Waals surface area contributed by atoms with Gasteiger partial charge in [-0.3, -0.25) is 0 Å². The van der Waals surface area contributed by atoms with Crippen molar-refractivity contribution in [1.29, 1.82) is 0 Å². The van der Waals surface area contributed by atoms with Crippen LogP contribution in [0.5, 0.6) is 0 Å². The maximum Gasteiger partial charge on any atom is 0.227 e. The monoisotopic (exact) mass is 216 g/mol. The molecule has 0 N–H and O–H groups in total. The fourth-order valence-corrected chi connectivity index (χ4v) is 2.55. The molecule has 3 rings (SSSR count). The van der Waals surface area contributed by atoms with Crippen LogP contribution in [0.1, 0.15) is 36.4 Å². The summed E-state index contributed by atoms with van der Waals surface area (Å²) in [7, 11) is 6.19. The van der Waals surface area contributed by atoms with Gasteiger partial charge in [-0.1, -0.05) is 18.2 Å². The van der Waals surface area contributed by atoms with Gasteiger partial charge in [-0.2, -0.15) is 9.78 Å². The van der Waals surface area contributed by atoms with E-state index in [1.807, 2.05) is 32.0 Å². The number of hydrogen-bond donors (Lipinski definition) is 0. The lowest BCUT2D eigenvalue weighted by Crippen LogP contribution is -2.42.